The SMILES string of the molecule is CCc1ccc2c(c1)N1C(=O)CCN=C1CO2. The molecule has 2 aliphatic heterocycles. The largest absolute Gasteiger partial charge is 0.483 e. The van der Waals surface area contributed by atoms with Crippen LogP contribution in [0.5, 0.6) is 5.75 Å². The molecule has 0 unspecified atom stereocenters. The number of ether oxygens (including phenoxy) is 1. The Morgan fingerprint density at radius 1 is 1.47 bits per heavy atom. The number of nitrogens with zero attached hydrogens (tertiary/aromatic N) is 2. The van der Waals surface area contributed by atoms with Gasteiger partial charge in [-0.25, -0.2) is 0 Å². The van der Waals surface area contributed by atoms with Crippen molar-refractivity contribution >= 4 is 17.4 Å². The zero-order chi connectivity index (χ0) is 11.8. The molecule has 0 saturated heterocycles. The van der Waals surface area contributed by atoms with E-state index in [2.05, 4.69) is 11.9 Å². The van der Waals surface area contributed by atoms with E-state index in [0.717, 1.165) is 23.7 Å². The fourth-order valence-electron chi connectivity index (χ4n) is 2.21. The number of amidine groups is 1. The highest BCUT2D eigenvalue weighted by Crippen LogP contribution is 2.34. The van der Waals surface area contributed by atoms with Gasteiger partial charge in [0.05, 0.1) is 5.69 Å². The predicted octanol–water partition coefficient (Wildman–Crippen LogP) is 1.78. The zero-order valence-electron chi connectivity index (χ0n) is 9.77. The lowest BCUT2D eigenvalue weighted by Gasteiger charge is -2.33. The van der Waals surface area contributed by atoms with Crippen LogP contribution in [-0.2, 0) is 11.2 Å². The third-order valence-corrected chi connectivity index (χ3v) is 3.16. The van der Waals surface area contributed by atoms with Gasteiger partial charge in [0.1, 0.15) is 18.2 Å². The van der Waals surface area contributed by atoms with E-state index in [4.69, 9.17) is 4.74 Å². The van der Waals surface area contributed by atoms with Crippen LogP contribution < -0.4 is 9.64 Å². The molecule has 0 aromatic heterocycles. The number of hydrogen-bond donors (Lipinski definition) is 0. The molecule has 2 aliphatic rings. The Kier molecular flexibility index (Phi) is 2.35. The Bertz CT molecular complexity index is 508. The van der Waals surface area contributed by atoms with Crippen LogP contribution >= 0.6 is 0 Å². The second-order valence-electron chi connectivity index (χ2n) is 4.22. The fraction of sp³-hybridized carbons (Fsp3) is 0.385. The molecule has 1 amide bonds. The van der Waals surface area contributed by atoms with Gasteiger partial charge in [-0.3, -0.25) is 14.7 Å². The van der Waals surface area contributed by atoms with Crippen molar-refractivity contribution in [3.8, 4) is 5.75 Å². The Balaban J connectivity index is 2.12. The van der Waals surface area contributed by atoms with Gasteiger partial charge < -0.3 is 4.74 Å². The van der Waals surface area contributed by atoms with Crippen LogP contribution in [0.25, 0.3) is 0 Å². The first-order chi connectivity index (χ1) is 8.29. The first-order valence-corrected chi connectivity index (χ1v) is 5.91. The molecule has 17 heavy (non-hydrogen) atoms. The highest BCUT2D eigenvalue weighted by Gasteiger charge is 2.31. The standard InChI is InChI=1S/C13H14N2O2/c1-2-9-3-4-11-10(7-9)15-12(8-17-11)14-6-5-13(15)16/h3-4,7H,2,5-6,8H2,1H3. The van der Waals surface area contributed by atoms with Crippen molar-refractivity contribution in [1.29, 1.82) is 0 Å². The van der Waals surface area contributed by atoms with E-state index in [0.29, 0.717) is 19.6 Å². The summed E-state index contributed by atoms with van der Waals surface area (Å²) in [7, 11) is 0. The molecule has 3 rings (SSSR count). The molecule has 1 aromatic carbocycles. The van der Waals surface area contributed by atoms with Crippen LogP contribution in [0.15, 0.2) is 23.2 Å². The summed E-state index contributed by atoms with van der Waals surface area (Å²) in [5.41, 5.74) is 2.05. The smallest absolute Gasteiger partial charge is 0.234 e. The number of anilines is 1. The van der Waals surface area contributed by atoms with Crippen LogP contribution in [0.4, 0.5) is 5.69 Å². The molecule has 0 saturated carbocycles. The Morgan fingerprint density at radius 2 is 2.35 bits per heavy atom. The van der Waals surface area contributed by atoms with Crippen LogP contribution in [-0.4, -0.2) is 24.9 Å². The molecule has 0 spiro atoms. The fourth-order valence-corrected chi connectivity index (χ4v) is 2.21. The van der Waals surface area contributed by atoms with E-state index in [1.54, 1.807) is 4.90 Å². The average molecular weight is 230 g/mol. The van der Waals surface area contributed by atoms with Crippen molar-refractivity contribution in [3.05, 3.63) is 23.8 Å². The molecule has 4 nitrogen and oxygen atoms in total. The Morgan fingerprint density at radius 3 is 3.18 bits per heavy atom. The molecule has 0 atom stereocenters. The molecule has 4 heteroatoms. The maximum Gasteiger partial charge on any atom is 0.234 e. The van der Waals surface area contributed by atoms with Gasteiger partial charge in [0, 0.05) is 13.0 Å². The van der Waals surface area contributed by atoms with E-state index in [-0.39, 0.29) is 5.91 Å². The van der Waals surface area contributed by atoms with Crippen LogP contribution in [0.2, 0.25) is 0 Å². The minimum atomic E-state index is 0.118. The number of rotatable bonds is 1. The van der Waals surface area contributed by atoms with Crippen molar-refractivity contribution in [2.75, 3.05) is 18.1 Å². The number of amides is 1. The van der Waals surface area contributed by atoms with Crippen molar-refractivity contribution in [2.45, 2.75) is 19.8 Å². The summed E-state index contributed by atoms with van der Waals surface area (Å²) < 4.78 is 5.62. The average Bonchev–Trinajstić information content (AvgIpc) is 2.38. The number of benzene rings is 1. The molecule has 0 N–H and O–H groups in total. The van der Waals surface area contributed by atoms with Gasteiger partial charge in [0.2, 0.25) is 5.91 Å². The van der Waals surface area contributed by atoms with Crippen molar-refractivity contribution in [3.63, 3.8) is 0 Å². The first-order valence-electron chi connectivity index (χ1n) is 5.91. The summed E-state index contributed by atoms with van der Waals surface area (Å²) >= 11 is 0. The van der Waals surface area contributed by atoms with E-state index >= 15 is 0 Å². The minimum absolute atomic E-state index is 0.118. The van der Waals surface area contributed by atoms with Gasteiger partial charge in [0.15, 0.2) is 0 Å². The number of aryl methyl sites for hydroxylation is 1. The van der Waals surface area contributed by atoms with Crippen molar-refractivity contribution < 1.29 is 9.53 Å². The maximum absolute atomic E-state index is 12.0. The number of fused-ring (bicyclic) bond motifs is 3. The molecule has 0 bridgehead atoms. The summed E-state index contributed by atoms with van der Waals surface area (Å²) in [6.07, 6.45) is 1.43. The number of aliphatic imine (C=N–C) groups is 1. The van der Waals surface area contributed by atoms with Gasteiger partial charge in [-0.2, -0.15) is 0 Å². The number of carbonyl (C=O) groups is 1. The summed E-state index contributed by atoms with van der Waals surface area (Å²) in [5.74, 6) is 1.63. The van der Waals surface area contributed by atoms with E-state index < -0.39 is 0 Å². The van der Waals surface area contributed by atoms with E-state index in [1.165, 1.54) is 5.56 Å². The Labute approximate surface area is 99.9 Å². The topological polar surface area (TPSA) is 41.9 Å². The molecule has 2 heterocycles. The highest BCUT2D eigenvalue weighted by molar-refractivity contribution is 6.20. The van der Waals surface area contributed by atoms with E-state index in [1.807, 2.05) is 18.2 Å². The molecule has 88 valence electrons. The van der Waals surface area contributed by atoms with Gasteiger partial charge in [0.25, 0.3) is 0 Å². The van der Waals surface area contributed by atoms with E-state index in [9.17, 15) is 4.79 Å². The summed E-state index contributed by atoms with van der Waals surface area (Å²) in [6, 6.07) is 6.00. The normalized spacial score (nSPS) is 18.1. The lowest BCUT2D eigenvalue weighted by atomic mass is 10.1. The zero-order valence-corrected chi connectivity index (χ0v) is 9.77. The number of carbonyl (C=O) groups excluding carboxylic acids is 1. The monoisotopic (exact) mass is 230 g/mol. The van der Waals surface area contributed by atoms with Crippen molar-refractivity contribution in [1.82, 2.24) is 0 Å². The quantitative estimate of drug-likeness (QED) is 0.738. The number of hydrogen-bond acceptors (Lipinski definition) is 3. The minimum Gasteiger partial charge on any atom is -0.483 e. The van der Waals surface area contributed by atoms with Gasteiger partial charge >= 0.3 is 0 Å². The van der Waals surface area contributed by atoms with Gasteiger partial charge in [-0.15, -0.1) is 0 Å². The lowest BCUT2D eigenvalue weighted by molar-refractivity contribution is -0.117. The second-order valence-corrected chi connectivity index (χ2v) is 4.22. The second kappa shape index (κ2) is 3.87. The molecule has 0 fully saturated rings. The van der Waals surface area contributed by atoms with Gasteiger partial charge in [-0.05, 0) is 24.1 Å². The highest BCUT2D eigenvalue weighted by atomic mass is 16.5. The molecule has 0 radical (unpaired) electrons. The lowest BCUT2D eigenvalue weighted by Crippen LogP contribution is -2.46. The Hall–Kier alpha value is -1.84. The summed E-state index contributed by atoms with van der Waals surface area (Å²) in [6.45, 7) is 3.07. The van der Waals surface area contributed by atoms with Crippen LogP contribution in [0.1, 0.15) is 18.9 Å². The molecular formula is C13H14N2O2. The summed E-state index contributed by atoms with van der Waals surface area (Å²) in [5, 5.41) is 0. The van der Waals surface area contributed by atoms with Crippen molar-refractivity contribution in [2.24, 2.45) is 4.99 Å². The molecular weight excluding hydrogens is 216 g/mol. The van der Waals surface area contributed by atoms with Crippen LogP contribution in [0.3, 0.4) is 0 Å². The van der Waals surface area contributed by atoms with Gasteiger partial charge in [-0.1, -0.05) is 13.0 Å². The first kappa shape index (κ1) is 10.3. The molecule has 0 aliphatic carbocycles. The predicted molar refractivity (Wildman–Crippen MR) is 65.7 cm³/mol. The van der Waals surface area contributed by atoms with Crippen LogP contribution in [0, 0.1) is 0 Å². The summed E-state index contributed by atoms with van der Waals surface area (Å²) in [4.78, 5) is 18.0. The third-order valence-electron chi connectivity index (χ3n) is 3.16. The third kappa shape index (κ3) is 1.60. The molecule has 1 aromatic rings. The maximum atomic E-state index is 12.0.